The number of halogens is 3. The van der Waals surface area contributed by atoms with Crippen molar-refractivity contribution in [3.8, 4) is 5.75 Å². The van der Waals surface area contributed by atoms with Crippen molar-refractivity contribution >= 4 is 70.1 Å². The molecule has 220 valence electrons. The maximum Gasteiger partial charge on any atom is 0.272 e. The third-order valence-corrected chi connectivity index (χ3v) is 7.76. The van der Waals surface area contributed by atoms with Crippen molar-refractivity contribution in [2.45, 2.75) is 11.8 Å². The Bertz CT molecular complexity index is 1680. The molecule has 4 aromatic carbocycles. The van der Waals surface area contributed by atoms with E-state index in [1.165, 1.54) is 43.1 Å². The van der Waals surface area contributed by atoms with E-state index in [2.05, 4.69) is 16.0 Å². The van der Waals surface area contributed by atoms with E-state index in [0.29, 0.717) is 32.6 Å². The maximum atomic E-state index is 14.6. The third kappa shape index (κ3) is 8.61. The van der Waals surface area contributed by atoms with Crippen LogP contribution in [0.25, 0.3) is 6.08 Å². The van der Waals surface area contributed by atoms with Gasteiger partial charge in [0.25, 0.3) is 11.8 Å². The van der Waals surface area contributed by atoms with E-state index >= 15 is 0 Å². The van der Waals surface area contributed by atoms with Crippen LogP contribution in [0, 0.1) is 12.7 Å². The van der Waals surface area contributed by atoms with Crippen LogP contribution in [0.15, 0.2) is 95.5 Å². The second-order valence-corrected chi connectivity index (χ2v) is 11.0. The predicted molar refractivity (Wildman–Crippen MR) is 170 cm³/mol. The smallest absolute Gasteiger partial charge is 0.272 e. The SMILES string of the molecule is COc1cc(Cl)c(C)cc1NC(=O)CSc1cccc(NC(=O)/C(=C\c2c(F)cccc2Cl)NC(=O)c2ccccc2)c1. The van der Waals surface area contributed by atoms with Gasteiger partial charge in [0.1, 0.15) is 17.3 Å². The highest BCUT2D eigenvalue weighted by atomic mass is 35.5. The van der Waals surface area contributed by atoms with Gasteiger partial charge in [0, 0.05) is 32.8 Å². The number of benzene rings is 4. The molecule has 0 saturated heterocycles. The summed E-state index contributed by atoms with van der Waals surface area (Å²) < 4.78 is 19.9. The number of hydrogen-bond donors (Lipinski definition) is 3. The molecular weight excluding hydrogens is 612 g/mol. The molecule has 0 aliphatic rings. The first-order valence-corrected chi connectivity index (χ1v) is 14.6. The van der Waals surface area contributed by atoms with Gasteiger partial charge in [0.05, 0.1) is 23.6 Å². The van der Waals surface area contributed by atoms with Gasteiger partial charge >= 0.3 is 0 Å². The average Bonchev–Trinajstić information content (AvgIpc) is 2.99. The number of thioether (sulfide) groups is 1. The van der Waals surface area contributed by atoms with Gasteiger partial charge in [0.15, 0.2) is 0 Å². The zero-order valence-electron chi connectivity index (χ0n) is 23.0. The first kappa shape index (κ1) is 31.6. The van der Waals surface area contributed by atoms with Gasteiger partial charge in [-0.3, -0.25) is 14.4 Å². The fraction of sp³-hybridized carbons (Fsp3) is 0.0938. The number of methoxy groups -OCH3 is 1. The van der Waals surface area contributed by atoms with Gasteiger partial charge in [-0.1, -0.05) is 53.5 Å². The van der Waals surface area contributed by atoms with Crippen molar-refractivity contribution in [2.75, 3.05) is 23.5 Å². The van der Waals surface area contributed by atoms with E-state index in [1.54, 1.807) is 66.7 Å². The second kappa shape index (κ2) is 14.7. The molecule has 0 radical (unpaired) electrons. The van der Waals surface area contributed by atoms with Crippen LogP contribution in [-0.4, -0.2) is 30.6 Å². The number of carbonyl (C=O) groups excluding carboxylic acids is 3. The van der Waals surface area contributed by atoms with Crippen molar-refractivity contribution in [2.24, 2.45) is 0 Å². The summed E-state index contributed by atoms with van der Waals surface area (Å²) in [5, 5.41) is 8.70. The lowest BCUT2D eigenvalue weighted by Crippen LogP contribution is -2.30. The molecule has 0 atom stereocenters. The number of hydrogen-bond acceptors (Lipinski definition) is 5. The minimum absolute atomic E-state index is 0.0505. The van der Waals surface area contributed by atoms with E-state index in [-0.39, 0.29) is 27.9 Å². The molecule has 0 aromatic heterocycles. The Morgan fingerprint density at radius 3 is 2.37 bits per heavy atom. The lowest BCUT2D eigenvalue weighted by molar-refractivity contribution is -0.114. The van der Waals surface area contributed by atoms with Crippen molar-refractivity contribution in [1.29, 1.82) is 0 Å². The summed E-state index contributed by atoms with van der Waals surface area (Å²) in [6.07, 6.45) is 1.18. The van der Waals surface area contributed by atoms with E-state index in [4.69, 9.17) is 27.9 Å². The molecule has 11 heteroatoms. The van der Waals surface area contributed by atoms with Crippen molar-refractivity contribution in [3.05, 3.63) is 123 Å². The minimum atomic E-state index is -0.700. The molecule has 0 bridgehead atoms. The molecule has 0 heterocycles. The Hall–Kier alpha value is -4.31. The van der Waals surface area contributed by atoms with Crippen LogP contribution >= 0.6 is 35.0 Å². The Balaban J connectivity index is 1.48. The van der Waals surface area contributed by atoms with Crippen LogP contribution < -0.4 is 20.7 Å². The molecule has 7 nitrogen and oxygen atoms in total. The van der Waals surface area contributed by atoms with Crippen molar-refractivity contribution in [1.82, 2.24) is 5.32 Å². The average molecular weight is 639 g/mol. The van der Waals surface area contributed by atoms with Crippen molar-refractivity contribution < 1.29 is 23.5 Å². The highest BCUT2D eigenvalue weighted by Gasteiger charge is 2.18. The fourth-order valence-corrected chi connectivity index (χ4v) is 4.99. The number of amides is 3. The van der Waals surface area contributed by atoms with E-state index in [9.17, 15) is 18.8 Å². The van der Waals surface area contributed by atoms with Crippen LogP contribution in [-0.2, 0) is 9.59 Å². The normalized spacial score (nSPS) is 11.0. The molecule has 3 N–H and O–H groups in total. The molecule has 0 saturated carbocycles. The standard InChI is InChI=1S/C32H26Cl2FN3O4S/c1-19-14-27(29(42-2)17-25(19)34)37-30(39)18-43-22-11-6-10-21(15-22)36-32(41)28(16-23-24(33)12-7-13-26(23)35)38-31(40)20-8-4-3-5-9-20/h3-17H,18H2,1-2H3,(H,36,41)(H,37,39)(H,38,40)/b28-16+. The molecular formula is C32H26Cl2FN3O4S. The molecule has 0 aliphatic heterocycles. The predicted octanol–water partition coefficient (Wildman–Crippen LogP) is 7.59. The quantitative estimate of drug-likeness (QED) is 0.123. The number of aryl methyl sites for hydroxylation is 1. The fourth-order valence-electron chi connectivity index (χ4n) is 3.86. The van der Waals surface area contributed by atoms with Gasteiger partial charge in [-0.05, 0) is 67.1 Å². The third-order valence-electron chi connectivity index (χ3n) is 6.03. The summed E-state index contributed by atoms with van der Waals surface area (Å²) in [4.78, 5) is 39.6. The first-order chi connectivity index (χ1) is 20.6. The molecule has 3 amide bonds. The van der Waals surface area contributed by atoms with Gasteiger partial charge in [-0.25, -0.2) is 4.39 Å². The first-order valence-electron chi connectivity index (χ1n) is 12.8. The Labute approximate surface area is 262 Å². The summed E-state index contributed by atoms with van der Waals surface area (Å²) in [6.45, 7) is 1.82. The van der Waals surface area contributed by atoms with E-state index in [1.807, 2.05) is 6.92 Å². The summed E-state index contributed by atoms with van der Waals surface area (Å²) in [6, 6.07) is 22.6. The highest BCUT2D eigenvalue weighted by Crippen LogP contribution is 2.31. The van der Waals surface area contributed by atoms with Gasteiger partial charge in [0.2, 0.25) is 5.91 Å². The van der Waals surface area contributed by atoms with Crippen LogP contribution in [0.1, 0.15) is 21.5 Å². The van der Waals surface area contributed by atoms with Gasteiger partial charge < -0.3 is 20.7 Å². The van der Waals surface area contributed by atoms with Gasteiger partial charge in [-0.2, -0.15) is 0 Å². The lowest BCUT2D eigenvalue weighted by atomic mass is 10.1. The molecule has 43 heavy (non-hydrogen) atoms. The monoisotopic (exact) mass is 637 g/mol. The van der Waals surface area contributed by atoms with Crippen LogP contribution in [0.4, 0.5) is 15.8 Å². The van der Waals surface area contributed by atoms with E-state index in [0.717, 1.165) is 5.56 Å². The van der Waals surface area contributed by atoms with E-state index < -0.39 is 17.6 Å². The van der Waals surface area contributed by atoms with Crippen molar-refractivity contribution in [3.63, 3.8) is 0 Å². The van der Waals surface area contributed by atoms with Crippen LogP contribution in [0.2, 0.25) is 10.0 Å². The minimum Gasteiger partial charge on any atom is -0.495 e. The summed E-state index contributed by atoms with van der Waals surface area (Å²) in [7, 11) is 1.49. The largest absolute Gasteiger partial charge is 0.495 e. The molecule has 0 spiro atoms. The van der Waals surface area contributed by atoms with Crippen LogP contribution in [0.5, 0.6) is 5.75 Å². The Morgan fingerprint density at radius 1 is 0.907 bits per heavy atom. The zero-order valence-corrected chi connectivity index (χ0v) is 25.4. The molecule has 0 fully saturated rings. The summed E-state index contributed by atoms with van der Waals surface area (Å²) in [5.74, 6) is -1.67. The number of carbonyl (C=O) groups is 3. The molecule has 0 aliphatic carbocycles. The lowest BCUT2D eigenvalue weighted by Gasteiger charge is -2.13. The highest BCUT2D eigenvalue weighted by molar-refractivity contribution is 8.00. The number of nitrogens with one attached hydrogen (secondary N) is 3. The van der Waals surface area contributed by atoms with Gasteiger partial charge in [-0.15, -0.1) is 11.8 Å². The maximum absolute atomic E-state index is 14.6. The topological polar surface area (TPSA) is 96.5 Å². The summed E-state index contributed by atoms with van der Waals surface area (Å²) >= 11 is 13.6. The summed E-state index contributed by atoms with van der Waals surface area (Å²) in [5.41, 5.74) is 1.73. The van der Waals surface area contributed by atoms with Crippen LogP contribution in [0.3, 0.4) is 0 Å². The second-order valence-electron chi connectivity index (χ2n) is 9.13. The Kier molecular flexibility index (Phi) is 10.8. The molecule has 4 rings (SSSR count). The number of rotatable bonds is 10. The Morgan fingerprint density at radius 2 is 1.65 bits per heavy atom. The number of anilines is 2. The number of ether oxygens (including phenoxy) is 1. The molecule has 0 unspecified atom stereocenters. The zero-order chi connectivity index (χ0) is 30.9. The molecule has 4 aromatic rings.